The van der Waals surface area contributed by atoms with Crippen molar-refractivity contribution < 1.29 is 4.79 Å². The second-order valence-corrected chi connectivity index (χ2v) is 7.55. The van der Waals surface area contributed by atoms with Gasteiger partial charge >= 0.3 is 0 Å². The highest BCUT2D eigenvalue weighted by Crippen LogP contribution is 2.54. The van der Waals surface area contributed by atoms with Gasteiger partial charge in [-0.1, -0.05) is 68.4 Å². The Morgan fingerprint density at radius 2 is 1.64 bits per heavy atom. The van der Waals surface area contributed by atoms with E-state index >= 15 is 0 Å². The molecule has 2 nitrogen and oxygen atoms in total. The van der Waals surface area contributed by atoms with Gasteiger partial charge in [0.15, 0.2) is 0 Å². The van der Waals surface area contributed by atoms with E-state index in [0.717, 1.165) is 5.69 Å². The zero-order valence-electron chi connectivity index (χ0n) is 15.2. The number of para-hydroxylation sites is 1. The van der Waals surface area contributed by atoms with Crippen LogP contribution in [-0.4, -0.2) is 5.91 Å². The van der Waals surface area contributed by atoms with Crippen molar-refractivity contribution in [2.24, 2.45) is 0 Å². The van der Waals surface area contributed by atoms with E-state index in [2.05, 4.69) is 75.4 Å². The van der Waals surface area contributed by atoms with Crippen molar-refractivity contribution >= 4 is 22.4 Å². The number of amides is 1. The predicted molar refractivity (Wildman–Crippen MR) is 104 cm³/mol. The molecule has 0 saturated carbocycles. The molecule has 1 heterocycles. The average molecular weight is 329 g/mol. The van der Waals surface area contributed by atoms with E-state index < -0.39 is 0 Å². The van der Waals surface area contributed by atoms with E-state index in [1.807, 2.05) is 11.0 Å². The minimum absolute atomic E-state index is 0.00602. The third-order valence-corrected chi connectivity index (χ3v) is 5.60. The Balaban J connectivity index is 2.06. The van der Waals surface area contributed by atoms with Gasteiger partial charge in [-0.05, 0) is 40.5 Å². The van der Waals surface area contributed by atoms with Gasteiger partial charge in [-0.2, -0.15) is 0 Å². The van der Waals surface area contributed by atoms with Crippen LogP contribution in [0.25, 0.3) is 10.8 Å². The summed E-state index contributed by atoms with van der Waals surface area (Å²) in [4.78, 5) is 14.6. The van der Waals surface area contributed by atoms with E-state index in [9.17, 15) is 4.79 Å². The van der Waals surface area contributed by atoms with Crippen molar-refractivity contribution in [3.8, 4) is 0 Å². The first kappa shape index (κ1) is 15.9. The van der Waals surface area contributed by atoms with Crippen LogP contribution in [0.3, 0.4) is 0 Å². The Bertz CT molecular complexity index is 986. The molecule has 0 fully saturated rings. The first-order valence-corrected chi connectivity index (χ1v) is 8.80. The van der Waals surface area contributed by atoms with Crippen LogP contribution >= 0.6 is 0 Å². The second kappa shape index (κ2) is 5.45. The number of aryl methyl sites for hydroxylation is 1. The molecule has 1 aliphatic heterocycles. The Labute approximate surface area is 149 Å². The predicted octanol–water partition coefficient (Wildman–Crippen LogP) is 5.53. The first-order valence-electron chi connectivity index (χ1n) is 8.80. The summed E-state index contributed by atoms with van der Waals surface area (Å²) >= 11 is 0. The molecule has 0 saturated heterocycles. The van der Waals surface area contributed by atoms with E-state index in [0.29, 0.717) is 0 Å². The highest BCUT2D eigenvalue weighted by Gasteiger charge is 2.47. The van der Waals surface area contributed by atoms with Crippen molar-refractivity contribution in [1.29, 1.82) is 0 Å². The number of nitrogens with zero attached hydrogens (tertiary/aromatic N) is 1. The van der Waals surface area contributed by atoms with Crippen LogP contribution in [0.2, 0.25) is 0 Å². The molecule has 1 atom stereocenters. The first-order chi connectivity index (χ1) is 11.9. The average Bonchev–Trinajstić information content (AvgIpc) is 2.83. The van der Waals surface area contributed by atoms with Crippen molar-refractivity contribution in [2.75, 3.05) is 4.90 Å². The summed E-state index contributed by atoms with van der Waals surface area (Å²) in [5, 5.41) is 2.46. The molecule has 25 heavy (non-hydrogen) atoms. The fourth-order valence-electron chi connectivity index (χ4n) is 4.45. The van der Waals surface area contributed by atoms with Gasteiger partial charge in [0.25, 0.3) is 0 Å². The molecule has 3 aromatic rings. The lowest BCUT2D eigenvalue weighted by Gasteiger charge is -2.35. The minimum Gasteiger partial charge on any atom is -0.304 e. The van der Waals surface area contributed by atoms with Gasteiger partial charge in [-0.25, -0.2) is 0 Å². The molecule has 4 rings (SSSR count). The lowest BCUT2D eigenvalue weighted by atomic mass is 9.75. The van der Waals surface area contributed by atoms with Crippen LogP contribution < -0.4 is 4.90 Å². The highest BCUT2D eigenvalue weighted by atomic mass is 16.2. The lowest BCUT2D eigenvalue weighted by molar-refractivity contribution is -0.117. The number of carbonyl (C=O) groups excluding carboxylic acids is 1. The van der Waals surface area contributed by atoms with Gasteiger partial charge < -0.3 is 4.90 Å². The number of carbonyl (C=O) groups is 1. The van der Waals surface area contributed by atoms with Crippen LogP contribution in [0.15, 0.2) is 60.7 Å². The third kappa shape index (κ3) is 2.21. The minimum atomic E-state index is -0.156. The molecule has 1 amide bonds. The Morgan fingerprint density at radius 1 is 0.960 bits per heavy atom. The van der Waals surface area contributed by atoms with Crippen molar-refractivity contribution in [2.45, 2.75) is 39.2 Å². The molecule has 2 heteroatoms. The van der Waals surface area contributed by atoms with Gasteiger partial charge in [-0.15, -0.1) is 0 Å². The summed E-state index contributed by atoms with van der Waals surface area (Å²) in [7, 11) is 0. The maximum absolute atomic E-state index is 12.7. The molecule has 0 radical (unpaired) electrons. The number of fused-ring (bicyclic) bond motifs is 2. The number of anilines is 1. The summed E-state index contributed by atoms with van der Waals surface area (Å²) in [6.07, 6.45) is 0. The van der Waals surface area contributed by atoms with Gasteiger partial charge in [0.2, 0.25) is 5.91 Å². The fourth-order valence-corrected chi connectivity index (χ4v) is 4.45. The van der Waals surface area contributed by atoms with E-state index in [-0.39, 0.29) is 17.4 Å². The maximum Gasteiger partial charge on any atom is 0.224 e. The molecule has 0 aliphatic carbocycles. The third-order valence-electron chi connectivity index (χ3n) is 5.60. The van der Waals surface area contributed by atoms with Crippen LogP contribution in [-0.2, 0) is 10.2 Å². The molecule has 126 valence electrons. The van der Waals surface area contributed by atoms with Crippen molar-refractivity contribution in [1.82, 2.24) is 0 Å². The standard InChI is InChI=1S/C23H23NO/c1-15-13-14-17-9-5-6-10-18(17)21(15)22-23(3,4)19-11-7-8-12-20(19)24(22)16(2)25/h5-14,22H,1-4H3. The zero-order chi connectivity index (χ0) is 17.8. The molecule has 0 bridgehead atoms. The van der Waals surface area contributed by atoms with E-state index in [1.165, 1.54) is 27.5 Å². The molecule has 0 aromatic heterocycles. The van der Waals surface area contributed by atoms with Crippen LogP contribution in [0.4, 0.5) is 5.69 Å². The van der Waals surface area contributed by atoms with Gasteiger partial charge in [-0.3, -0.25) is 4.79 Å². The largest absolute Gasteiger partial charge is 0.304 e. The molecular formula is C23H23NO. The molecule has 3 aromatic carbocycles. The van der Waals surface area contributed by atoms with Crippen LogP contribution in [0.5, 0.6) is 0 Å². The normalized spacial score (nSPS) is 18.4. The quantitative estimate of drug-likeness (QED) is 0.574. The number of rotatable bonds is 1. The Kier molecular flexibility index (Phi) is 3.47. The summed E-state index contributed by atoms with van der Waals surface area (Å²) in [5.74, 6) is 0.0929. The topological polar surface area (TPSA) is 20.3 Å². The van der Waals surface area contributed by atoms with Crippen molar-refractivity contribution in [3.05, 3.63) is 77.4 Å². The molecule has 1 unspecified atom stereocenters. The summed E-state index contributed by atoms with van der Waals surface area (Å²) in [6, 6.07) is 21.1. The monoisotopic (exact) mass is 329 g/mol. The van der Waals surface area contributed by atoms with Crippen molar-refractivity contribution in [3.63, 3.8) is 0 Å². The number of hydrogen-bond donors (Lipinski definition) is 0. The molecule has 0 spiro atoms. The summed E-state index contributed by atoms with van der Waals surface area (Å²) < 4.78 is 0. The van der Waals surface area contributed by atoms with Gasteiger partial charge in [0.05, 0.1) is 6.04 Å². The molecular weight excluding hydrogens is 306 g/mol. The molecule has 1 aliphatic rings. The Hall–Kier alpha value is -2.61. The SMILES string of the molecule is CC(=O)N1c2ccccc2C(C)(C)C1c1c(C)ccc2ccccc12. The maximum atomic E-state index is 12.7. The summed E-state index contributed by atoms with van der Waals surface area (Å²) in [5.41, 5.74) is 4.61. The van der Waals surface area contributed by atoms with Gasteiger partial charge in [0.1, 0.15) is 0 Å². The van der Waals surface area contributed by atoms with Gasteiger partial charge in [0, 0.05) is 18.0 Å². The Morgan fingerprint density at radius 3 is 2.40 bits per heavy atom. The highest BCUT2D eigenvalue weighted by molar-refractivity contribution is 5.98. The summed E-state index contributed by atoms with van der Waals surface area (Å²) in [6.45, 7) is 8.33. The lowest BCUT2D eigenvalue weighted by Crippen LogP contribution is -2.37. The van der Waals surface area contributed by atoms with Crippen LogP contribution in [0.1, 0.15) is 43.5 Å². The molecule has 0 N–H and O–H groups in total. The fraction of sp³-hybridized carbons (Fsp3) is 0.261. The van der Waals surface area contributed by atoms with Crippen LogP contribution in [0, 0.1) is 6.92 Å². The second-order valence-electron chi connectivity index (χ2n) is 7.55. The smallest absolute Gasteiger partial charge is 0.224 e. The number of hydrogen-bond acceptors (Lipinski definition) is 1. The zero-order valence-corrected chi connectivity index (χ0v) is 15.2. The van der Waals surface area contributed by atoms with E-state index in [4.69, 9.17) is 0 Å². The van der Waals surface area contributed by atoms with E-state index in [1.54, 1.807) is 6.92 Å². The number of benzene rings is 3.